The molecule has 2 N–H and O–H groups in total. The fourth-order valence-corrected chi connectivity index (χ4v) is 2.61. The number of aromatic nitrogens is 2. The number of fused-ring (bicyclic) bond motifs is 1. The van der Waals surface area contributed by atoms with Crippen LogP contribution in [-0.4, -0.2) is 9.55 Å². The lowest BCUT2D eigenvalue weighted by Gasteiger charge is -2.10. The number of benzene rings is 1. The summed E-state index contributed by atoms with van der Waals surface area (Å²) in [5.41, 5.74) is 6.49. The van der Waals surface area contributed by atoms with Crippen LogP contribution in [0.2, 0.25) is 5.02 Å². The number of nitrogens with zero attached hydrogens (tertiary/aromatic N) is 2. The van der Waals surface area contributed by atoms with Crippen molar-refractivity contribution in [2.45, 2.75) is 12.7 Å². The van der Waals surface area contributed by atoms with Gasteiger partial charge in [0.15, 0.2) is 5.82 Å². The molecule has 0 aliphatic heterocycles. The highest BCUT2D eigenvalue weighted by Crippen LogP contribution is 2.33. The van der Waals surface area contributed by atoms with Crippen LogP contribution in [0.25, 0.3) is 16.7 Å². The first kappa shape index (κ1) is 14.9. The maximum atomic E-state index is 12.7. The number of nitrogens with two attached hydrogens (primary N) is 1. The van der Waals surface area contributed by atoms with Crippen molar-refractivity contribution >= 4 is 22.5 Å². The SMILES string of the molecule is NCc1cn(-c2ncc(C(F)(F)F)cc2Cl)c2ccccc12. The number of hydrogen-bond donors (Lipinski definition) is 1. The predicted octanol–water partition coefficient (Wildman–Crippen LogP) is 4.16. The first-order valence-electron chi connectivity index (χ1n) is 6.44. The minimum atomic E-state index is -4.48. The highest BCUT2D eigenvalue weighted by molar-refractivity contribution is 6.32. The molecule has 2 aromatic heterocycles. The molecular weight excluding hydrogens is 315 g/mol. The summed E-state index contributed by atoms with van der Waals surface area (Å²) in [7, 11) is 0. The van der Waals surface area contributed by atoms with Gasteiger partial charge in [0.1, 0.15) is 0 Å². The summed E-state index contributed by atoms with van der Waals surface area (Å²) in [6, 6.07) is 8.31. The number of para-hydroxylation sites is 1. The third-order valence-electron chi connectivity index (χ3n) is 3.39. The van der Waals surface area contributed by atoms with E-state index in [-0.39, 0.29) is 10.8 Å². The molecule has 0 saturated carbocycles. The molecule has 2 heterocycles. The highest BCUT2D eigenvalue weighted by Gasteiger charge is 2.31. The number of pyridine rings is 1. The fourth-order valence-electron chi connectivity index (χ4n) is 2.35. The average molecular weight is 326 g/mol. The Balaban J connectivity index is 2.20. The number of rotatable bonds is 2. The van der Waals surface area contributed by atoms with Crippen molar-refractivity contribution in [1.29, 1.82) is 0 Å². The number of alkyl halides is 3. The molecule has 0 radical (unpaired) electrons. The Morgan fingerprint density at radius 1 is 1.23 bits per heavy atom. The van der Waals surface area contributed by atoms with Crippen molar-refractivity contribution in [3.63, 3.8) is 0 Å². The molecular formula is C15H11ClF3N3. The Kier molecular flexibility index (Phi) is 3.58. The van der Waals surface area contributed by atoms with E-state index in [1.54, 1.807) is 10.8 Å². The smallest absolute Gasteiger partial charge is 0.326 e. The van der Waals surface area contributed by atoms with Gasteiger partial charge in [-0.1, -0.05) is 29.8 Å². The first-order valence-corrected chi connectivity index (χ1v) is 6.81. The maximum Gasteiger partial charge on any atom is 0.417 e. The molecule has 3 aromatic rings. The van der Waals surface area contributed by atoms with Gasteiger partial charge in [0, 0.05) is 24.3 Å². The highest BCUT2D eigenvalue weighted by atomic mass is 35.5. The van der Waals surface area contributed by atoms with Gasteiger partial charge >= 0.3 is 6.18 Å². The van der Waals surface area contributed by atoms with Gasteiger partial charge in [0.2, 0.25) is 0 Å². The monoisotopic (exact) mass is 325 g/mol. The van der Waals surface area contributed by atoms with Gasteiger partial charge in [-0.05, 0) is 17.7 Å². The van der Waals surface area contributed by atoms with E-state index in [1.807, 2.05) is 24.3 Å². The normalized spacial score (nSPS) is 12.0. The standard InChI is InChI=1S/C15H11ClF3N3/c16-12-5-10(15(17,18)19)7-21-14(12)22-8-9(6-20)11-3-1-2-4-13(11)22/h1-5,7-8H,6,20H2. The summed E-state index contributed by atoms with van der Waals surface area (Å²) in [6.07, 6.45) is -1.96. The Labute approximate surface area is 129 Å². The lowest BCUT2D eigenvalue weighted by atomic mass is 10.2. The summed E-state index contributed by atoms with van der Waals surface area (Å²) in [6.45, 7) is 0.311. The van der Waals surface area contributed by atoms with Crippen molar-refractivity contribution < 1.29 is 13.2 Å². The second kappa shape index (κ2) is 5.30. The second-order valence-corrected chi connectivity index (χ2v) is 5.18. The molecule has 7 heteroatoms. The van der Waals surface area contributed by atoms with Crippen LogP contribution in [0.3, 0.4) is 0 Å². The molecule has 0 saturated heterocycles. The van der Waals surface area contributed by atoms with Crippen molar-refractivity contribution in [3.05, 3.63) is 58.9 Å². The Bertz CT molecular complexity index is 840. The van der Waals surface area contributed by atoms with Gasteiger partial charge in [-0.3, -0.25) is 4.57 Å². The number of hydrogen-bond acceptors (Lipinski definition) is 2. The van der Waals surface area contributed by atoms with E-state index in [9.17, 15) is 13.2 Å². The molecule has 22 heavy (non-hydrogen) atoms. The summed E-state index contributed by atoms with van der Waals surface area (Å²) in [5.74, 6) is 0.241. The molecule has 0 atom stereocenters. The van der Waals surface area contributed by atoms with Crippen LogP contribution in [0.1, 0.15) is 11.1 Å². The largest absolute Gasteiger partial charge is 0.417 e. The van der Waals surface area contributed by atoms with Gasteiger partial charge in [-0.2, -0.15) is 13.2 Å². The van der Waals surface area contributed by atoms with Crippen molar-refractivity contribution in [1.82, 2.24) is 9.55 Å². The Hall–Kier alpha value is -2.05. The fraction of sp³-hybridized carbons (Fsp3) is 0.133. The molecule has 0 bridgehead atoms. The van der Waals surface area contributed by atoms with Gasteiger partial charge in [-0.15, -0.1) is 0 Å². The minimum absolute atomic E-state index is 0.0702. The zero-order valence-electron chi connectivity index (χ0n) is 11.2. The lowest BCUT2D eigenvalue weighted by molar-refractivity contribution is -0.137. The van der Waals surface area contributed by atoms with Gasteiger partial charge < -0.3 is 5.73 Å². The third kappa shape index (κ3) is 2.44. The van der Waals surface area contributed by atoms with E-state index in [2.05, 4.69) is 4.98 Å². The van der Waals surface area contributed by atoms with Crippen molar-refractivity contribution in [2.24, 2.45) is 5.73 Å². The molecule has 0 unspecified atom stereocenters. The van der Waals surface area contributed by atoms with Crippen LogP contribution in [0.4, 0.5) is 13.2 Å². The van der Waals surface area contributed by atoms with Crippen LogP contribution in [-0.2, 0) is 12.7 Å². The topological polar surface area (TPSA) is 43.8 Å². The second-order valence-electron chi connectivity index (χ2n) is 4.77. The molecule has 3 nitrogen and oxygen atoms in total. The van der Waals surface area contributed by atoms with E-state index in [0.29, 0.717) is 6.54 Å². The van der Waals surface area contributed by atoms with Crippen LogP contribution in [0.5, 0.6) is 0 Å². The van der Waals surface area contributed by atoms with Crippen molar-refractivity contribution in [2.75, 3.05) is 0 Å². The molecule has 1 aromatic carbocycles. The first-order chi connectivity index (χ1) is 10.4. The Morgan fingerprint density at radius 3 is 2.59 bits per heavy atom. The van der Waals surface area contributed by atoms with Crippen LogP contribution >= 0.6 is 11.6 Å². The molecule has 0 aliphatic carbocycles. The summed E-state index contributed by atoms with van der Waals surface area (Å²) in [5, 5.41) is 0.849. The van der Waals surface area contributed by atoms with E-state index in [1.165, 1.54) is 0 Å². The van der Waals surface area contributed by atoms with Gasteiger partial charge in [0.05, 0.1) is 16.1 Å². The van der Waals surface area contributed by atoms with E-state index < -0.39 is 11.7 Å². The van der Waals surface area contributed by atoms with Crippen LogP contribution in [0.15, 0.2) is 42.7 Å². The zero-order chi connectivity index (χ0) is 15.9. The molecule has 114 valence electrons. The minimum Gasteiger partial charge on any atom is -0.326 e. The van der Waals surface area contributed by atoms with E-state index >= 15 is 0 Å². The van der Waals surface area contributed by atoms with E-state index in [0.717, 1.165) is 28.7 Å². The molecule has 0 spiro atoms. The quantitative estimate of drug-likeness (QED) is 0.769. The van der Waals surface area contributed by atoms with Gasteiger partial charge in [0.25, 0.3) is 0 Å². The summed E-state index contributed by atoms with van der Waals surface area (Å²) < 4.78 is 39.7. The molecule has 0 aliphatic rings. The van der Waals surface area contributed by atoms with Crippen LogP contribution < -0.4 is 5.73 Å². The van der Waals surface area contributed by atoms with Crippen molar-refractivity contribution in [3.8, 4) is 5.82 Å². The summed E-state index contributed by atoms with van der Waals surface area (Å²) >= 11 is 6.01. The third-order valence-corrected chi connectivity index (χ3v) is 3.67. The number of halogens is 4. The van der Waals surface area contributed by atoms with Crippen LogP contribution in [0, 0.1) is 0 Å². The lowest BCUT2D eigenvalue weighted by Crippen LogP contribution is -2.07. The zero-order valence-corrected chi connectivity index (χ0v) is 12.0. The van der Waals surface area contributed by atoms with E-state index in [4.69, 9.17) is 17.3 Å². The Morgan fingerprint density at radius 2 is 1.95 bits per heavy atom. The molecule has 0 fully saturated rings. The summed E-state index contributed by atoms with van der Waals surface area (Å²) in [4.78, 5) is 3.88. The molecule has 0 amide bonds. The average Bonchev–Trinajstić information content (AvgIpc) is 2.85. The maximum absolute atomic E-state index is 12.7. The van der Waals surface area contributed by atoms with Gasteiger partial charge in [-0.25, -0.2) is 4.98 Å². The predicted molar refractivity (Wildman–Crippen MR) is 79.0 cm³/mol. The molecule has 3 rings (SSSR count).